The van der Waals surface area contributed by atoms with E-state index in [4.69, 9.17) is 0 Å². The molecule has 0 saturated carbocycles. The Hall–Kier alpha value is -3.49. The highest BCUT2D eigenvalue weighted by atomic mass is 16.2. The van der Waals surface area contributed by atoms with Gasteiger partial charge in [0.05, 0.1) is 18.9 Å². The van der Waals surface area contributed by atoms with Crippen LogP contribution < -0.4 is 15.5 Å². The number of nitrogens with one attached hydrogen (secondary N) is 2. The van der Waals surface area contributed by atoms with Crippen molar-refractivity contribution in [3.8, 4) is 0 Å². The summed E-state index contributed by atoms with van der Waals surface area (Å²) in [5, 5.41) is 10.2. The zero-order valence-electron chi connectivity index (χ0n) is 15.4. The molecule has 1 saturated heterocycles. The van der Waals surface area contributed by atoms with E-state index in [0.717, 1.165) is 30.8 Å². The summed E-state index contributed by atoms with van der Waals surface area (Å²) in [6.07, 6.45) is 12.2. The molecule has 2 N–H and O–H groups in total. The fraction of sp³-hybridized carbons (Fsp3) is 0.316. The summed E-state index contributed by atoms with van der Waals surface area (Å²) in [4.78, 5) is 27.2. The number of rotatable bonds is 5. The minimum atomic E-state index is -0.237. The monoisotopic (exact) mass is 378 g/mol. The molecule has 1 aliphatic rings. The first-order valence-corrected chi connectivity index (χ1v) is 9.27. The van der Waals surface area contributed by atoms with E-state index >= 15 is 0 Å². The summed E-state index contributed by atoms with van der Waals surface area (Å²) in [5.74, 6) is 1.48. The zero-order chi connectivity index (χ0) is 19.2. The van der Waals surface area contributed by atoms with E-state index in [2.05, 4.69) is 35.6 Å². The Morgan fingerprint density at radius 1 is 1.14 bits per heavy atom. The van der Waals surface area contributed by atoms with Crippen molar-refractivity contribution in [2.45, 2.75) is 25.4 Å². The summed E-state index contributed by atoms with van der Waals surface area (Å²) in [5.41, 5.74) is 1.02. The number of carbonyl (C=O) groups is 1. The first-order chi connectivity index (χ1) is 13.8. The van der Waals surface area contributed by atoms with E-state index in [1.165, 1.54) is 0 Å². The van der Waals surface area contributed by atoms with E-state index in [1.54, 1.807) is 47.9 Å². The Morgan fingerprint density at radius 3 is 2.89 bits per heavy atom. The lowest BCUT2D eigenvalue weighted by Crippen LogP contribution is -2.49. The Kier molecular flexibility index (Phi) is 5.41. The normalized spacial score (nSPS) is 16.6. The number of piperidine rings is 1. The quantitative estimate of drug-likeness (QED) is 0.703. The molecule has 0 radical (unpaired) electrons. The van der Waals surface area contributed by atoms with Gasteiger partial charge in [0.25, 0.3) is 0 Å². The molecule has 144 valence electrons. The van der Waals surface area contributed by atoms with E-state index in [1.807, 2.05) is 12.1 Å². The SMILES string of the molecule is O=C(Nc1ccnn1Cc1cccnc1)NC1CCCN(c2cnccn2)C1. The average molecular weight is 378 g/mol. The van der Waals surface area contributed by atoms with Crippen molar-refractivity contribution in [1.82, 2.24) is 30.0 Å². The molecule has 4 heterocycles. The number of amides is 2. The van der Waals surface area contributed by atoms with Crippen LogP contribution in [0.5, 0.6) is 0 Å². The largest absolute Gasteiger partial charge is 0.353 e. The number of pyridine rings is 1. The van der Waals surface area contributed by atoms with Crippen molar-refractivity contribution in [3.63, 3.8) is 0 Å². The van der Waals surface area contributed by atoms with Crippen molar-refractivity contribution >= 4 is 17.7 Å². The molecule has 0 aromatic carbocycles. The van der Waals surface area contributed by atoms with Gasteiger partial charge < -0.3 is 10.2 Å². The molecule has 0 bridgehead atoms. The van der Waals surface area contributed by atoms with Gasteiger partial charge in [0.2, 0.25) is 0 Å². The molecule has 1 fully saturated rings. The molecular weight excluding hydrogens is 356 g/mol. The third-order valence-electron chi connectivity index (χ3n) is 4.64. The first-order valence-electron chi connectivity index (χ1n) is 9.27. The van der Waals surface area contributed by atoms with Crippen molar-refractivity contribution in [2.24, 2.45) is 0 Å². The van der Waals surface area contributed by atoms with E-state index in [0.29, 0.717) is 18.9 Å². The molecule has 0 spiro atoms. The van der Waals surface area contributed by atoms with E-state index < -0.39 is 0 Å². The van der Waals surface area contributed by atoms with E-state index in [-0.39, 0.29) is 12.1 Å². The van der Waals surface area contributed by atoms with Gasteiger partial charge in [-0.1, -0.05) is 6.07 Å². The lowest BCUT2D eigenvalue weighted by Gasteiger charge is -2.33. The van der Waals surface area contributed by atoms with Crippen LogP contribution in [-0.4, -0.2) is 49.9 Å². The minimum absolute atomic E-state index is 0.0467. The molecule has 3 aromatic rings. The first kappa shape index (κ1) is 17.9. The van der Waals surface area contributed by atoms with E-state index in [9.17, 15) is 4.79 Å². The predicted octanol–water partition coefficient (Wildman–Crippen LogP) is 1.91. The van der Waals surface area contributed by atoms with Crippen molar-refractivity contribution in [2.75, 3.05) is 23.3 Å². The van der Waals surface area contributed by atoms with Crippen LogP contribution in [0, 0.1) is 0 Å². The average Bonchev–Trinajstić information content (AvgIpc) is 3.16. The van der Waals surface area contributed by atoms with Crippen LogP contribution in [-0.2, 0) is 6.54 Å². The number of carbonyl (C=O) groups excluding carboxylic acids is 1. The second-order valence-corrected chi connectivity index (χ2v) is 6.68. The molecule has 28 heavy (non-hydrogen) atoms. The van der Waals surface area contributed by atoms with Crippen molar-refractivity contribution in [1.29, 1.82) is 0 Å². The molecule has 9 heteroatoms. The number of urea groups is 1. The van der Waals surface area contributed by atoms with Crippen LogP contribution in [0.25, 0.3) is 0 Å². The highest BCUT2D eigenvalue weighted by Crippen LogP contribution is 2.17. The molecule has 1 aliphatic heterocycles. The van der Waals surface area contributed by atoms with Crippen LogP contribution in [0.4, 0.5) is 16.4 Å². The maximum Gasteiger partial charge on any atom is 0.320 e. The highest BCUT2D eigenvalue weighted by Gasteiger charge is 2.22. The Balaban J connectivity index is 1.34. The summed E-state index contributed by atoms with van der Waals surface area (Å²) in [6.45, 7) is 2.16. The third-order valence-corrected chi connectivity index (χ3v) is 4.64. The Morgan fingerprint density at radius 2 is 2.07 bits per heavy atom. The number of nitrogens with zero attached hydrogens (tertiary/aromatic N) is 6. The fourth-order valence-electron chi connectivity index (χ4n) is 3.32. The molecule has 0 aliphatic carbocycles. The number of anilines is 2. The van der Waals surface area contributed by atoms with Crippen LogP contribution in [0.2, 0.25) is 0 Å². The summed E-state index contributed by atoms with van der Waals surface area (Å²) in [7, 11) is 0. The summed E-state index contributed by atoms with van der Waals surface area (Å²) in [6, 6.07) is 5.44. The number of aromatic nitrogens is 5. The Labute approximate surface area is 162 Å². The molecule has 2 amide bonds. The topological polar surface area (TPSA) is 101 Å². The van der Waals surface area contributed by atoms with Crippen LogP contribution >= 0.6 is 0 Å². The van der Waals surface area contributed by atoms with Gasteiger partial charge in [0, 0.05) is 50.0 Å². The predicted molar refractivity (Wildman–Crippen MR) is 105 cm³/mol. The van der Waals surface area contributed by atoms with Crippen LogP contribution in [0.1, 0.15) is 18.4 Å². The molecule has 3 aromatic heterocycles. The molecule has 1 atom stereocenters. The maximum atomic E-state index is 12.5. The van der Waals surface area contributed by atoms with Gasteiger partial charge in [-0.05, 0) is 24.5 Å². The van der Waals surface area contributed by atoms with Crippen LogP contribution in [0.3, 0.4) is 0 Å². The fourth-order valence-corrected chi connectivity index (χ4v) is 3.32. The standard InChI is InChI=1S/C19H22N8O/c28-19(24-16-4-2-10-26(14-16)18-12-21-8-9-22-18)25-17-5-7-23-27(17)13-15-3-1-6-20-11-15/h1,3,5-9,11-12,16H,2,4,10,13-14H2,(H2,24,25,28). The molecular formula is C19H22N8O. The van der Waals surface area contributed by atoms with Gasteiger partial charge in [0.1, 0.15) is 11.6 Å². The smallest absolute Gasteiger partial charge is 0.320 e. The second-order valence-electron chi connectivity index (χ2n) is 6.68. The second kappa shape index (κ2) is 8.47. The maximum absolute atomic E-state index is 12.5. The number of hydrogen-bond acceptors (Lipinski definition) is 6. The van der Waals surface area contributed by atoms with Gasteiger partial charge in [-0.25, -0.2) is 14.5 Å². The van der Waals surface area contributed by atoms with Gasteiger partial charge in [-0.15, -0.1) is 0 Å². The third kappa shape index (κ3) is 4.43. The summed E-state index contributed by atoms with van der Waals surface area (Å²) >= 11 is 0. The lowest BCUT2D eigenvalue weighted by atomic mass is 10.1. The molecule has 1 unspecified atom stereocenters. The van der Waals surface area contributed by atoms with Crippen molar-refractivity contribution < 1.29 is 4.79 Å². The summed E-state index contributed by atoms with van der Waals surface area (Å²) < 4.78 is 1.74. The van der Waals surface area contributed by atoms with Gasteiger partial charge in [0.15, 0.2) is 0 Å². The molecule has 9 nitrogen and oxygen atoms in total. The van der Waals surface area contributed by atoms with Gasteiger partial charge in [-0.3, -0.25) is 15.3 Å². The van der Waals surface area contributed by atoms with Gasteiger partial charge in [-0.2, -0.15) is 5.10 Å². The lowest BCUT2D eigenvalue weighted by molar-refractivity contribution is 0.246. The molecule has 4 rings (SSSR count). The Bertz CT molecular complexity index is 899. The number of hydrogen-bond donors (Lipinski definition) is 2. The highest BCUT2D eigenvalue weighted by molar-refractivity contribution is 5.88. The van der Waals surface area contributed by atoms with Crippen molar-refractivity contribution in [3.05, 3.63) is 60.9 Å². The van der Waals surface area contributed by atoms with Gasteiger partial charge >= 0.3 is 6.03 Å². The van der Waals surface area contributed by atoms with Crippen LogP contribution in [0.15, 0.2) is 55.4 Å². The zero-order valence-corrected chi connectivity index (χ0v) is 15.4. The minimum Gasteiger partial charge on any atom is -0.353 e.